The fourth-order valence-electron chi connectivity index (χ4n) is 4.82. The zero-order valence-corrected chi connectivity index (χ0v) is 22.7. The Labute approximate surface area is 229 Å². The Morgan fingerprint density at radius 2 is 1.46 bits per heavy atom. The Kier molecular flexibility index (Phi) is 6.26. The summed E-state index contributed by atoms with van der Waals surface area (Å²) in [7, 11) is 0. The van der Waals surface area contributed by atoms with Gasteiger partial charge in [0.15, 0.2) is 0 Å². The Morgan fingerprint density at radius 1 is 0.757 bits per heavy atom. The highest BCUT2D eigenvalue weighted by atomic mass is 79.9. The number of halogens is 2. The lowest BCUT2D eigenvalue weighted by atomic mass is 10.1. The molecule has 0 amide bonds. The molecule has 5 nitrogen and oxygen atoms in total. The monoisotopic (exact) mass is 613 g/mol. The van der Waals surface area contributed by atoms with Gasteiger partial charge >= 0.3 is 0 Å². The van der Waals surface area contributed by atoms with Crippen LogP contribution in [0.3, 0.4) is 0 Å². The molecule has 182 valence electrons. The van der Waals surface area contributed by atoms with Gasteiger partial charge < -0.3 is 9.55 Å². The molecule has 3 heterocycles. The smallest absolute Gasteiger partial charge is 0.259 e. The van der Waals surface area contributed by atoms with Gasteiger partial charge in [0.05, 0.1) is 16.3 Å². The van der Waals surface area contributed by atoms with E-state index in [4.69, 9.17) is 4.98 Å². The van der Waals surface area contributed by atoms with Gasteiger partial charge in [-0.2, -0.15) is 0 Å². The van der Waals surface area contributed by atoms with E-state index < -0.39 is 0 Å². The van der Waals surface area contributed by atoms with Gasteiger partial charge in [0.2, 0.25) is 0 Å². The number of nitrogens with zero attached hydrogens (tertiary/aromatic N) is 2. The zero-order chi connectivity index (χ0) is 25.5. The van der Waals surface area contributed by atoms with Crippen LogP contribution in [0.5, 0.6) is 0 Å². The average Bonchev–Trinajstić information content (AvgIpc) is 3.70. The van der Waals surface area contributed by atoms with Gasteiger partial charge in [-0.15, -0.1) is 0 Å². The quantitative estimate of drug-likeness (QED) is 0.222. The summed E-state index contributed by atoms with van der Waals surface area (Å²) in [6.45, 7) is 0. The molecule has 0 saturated heterocycles. The lowest BCUT2D eigenvalue weighted by Gasteiger charge is -2.08. The number of H-pyrrole nitrogens is 1. The Balaban J connectivity index is 0.000000176. The number of aromatic nitrogens is 3. The highest BCUT2D eigenvalue weighted by Crippen LogP contribution is 2.50. The molecular weight excluding hydrogens is 594 g/mol. The van der Waals surface area contributed by atoms with E-state index in [9.17, 15) is 9.59 Å². The van der Waals surface area contributed by atoms with Crippen LogP contribution in [0.2, 0.25) is 0 Å². The third-order valence-corrected chi connectivity index (χ3v) is 8.09. The Bertz CT molecular complexity index is 1910. The van der Waals surface area contributed by atoms with Crippen molar-refractivity contribution in [1.29, 1.82) is 0 Å². The number of pyridine rings is 3. The standard InChI is InChI=1S/C21H15BrN2O.C9H6BrNO/c22-16-6-3-5-14-10-11-24(21(25)20(14)16)19-12-15(19)18-9-8-13-4-1-2-7-17(13)23-18;10-7-3-1-2-6-4-5-11-9(12)8(6)7/h1-11,15,19H,12H2;1-5H,(H,11,12). The van der Waals surface area contributed by atoms with Crippen molar-refractivity contribution in [1.82, 2.24) is 14.5 Å². The molecule has 3 aromatic heterocycles. The van der Waals surface area contributed by atoms with Gasteiger partial charge in [-0.05, 0) is 85.5 Å². The van der Waals surface area contributed by atoms with Crippen molar-refractivity contribution >= 4 is 64.3 Å². The Hall–Kier alpha value is -3.55. The van der Waals surface area contributed by atoms with Gasteiger partial charge in [-0.1, -0.05) is 48.5 Å². The SMILES string of the molecule is O=c1[nH]ccc2cccc(Br)c12.O=c1c2c(Br)cccc2ccn1C1CC1c1ccc2ccccc2n1. The molecule has 0 spiro atoms. The summed E-state index contributed by atoms with van der Waals surface area (Å²) in [5, 5.41) is 4.53. The van der Waals surface area contributed by atoms with E-state index in [1.165, 1.54) is 0 Å². The largest absolute Gasteiger partial charge is 0.329 e. The molecule has 1 fully saturated rings. The highest BCUT2D eigenvalue weighted by molar-refractivity contribution is 9.11. The third kappa shape index (κ3) is 4.54. The van der Waals surface area contributed by atoms with Crippen LogP contribution in [0.25, 0.3) is 32.4 Å². The highest BCUT2D eigenvalue weighted by Gasteiger charge is 2.41. The van der Waals surface area contributed by atoms with Crippen LogP contribution in [-0.2, 0) is 0 Å². The predicted molar refractivity (Wildman–Crippen MR) is 156 cm³/mol. The molecule has 7 heteroatoms. The van der Waals surface area contributed by atoms with Crippen LogP contribution in [0.1, 0.15) is 24.1 Å². The van der Waals surface area contributed by atoms with Crippen molar-refractivity contribution in [3.8, 4) is 0 Å². The van der Waals surface area contributed by atoms with E-state index in [0.717, 1.165) is 48.1 Å². The normalized spacial score (nSPS) is 16.5. The van der Waals surface area contributed by atoms with E-state index in [1.807, 2.05) is 77.5 Å². The number of rotatable bonds is 2. The fraction of sp³-hybridized carbons (Fsp3) is 0.100. The summed E-state index contributed by atoms with van der Waals surface area (Å²) in [5.41, 5.74) is 2.10. The van der Waals surface area contributed by atoms with Crippen molar-refractivity contribution in [2.75, 3.05) is 0 Å². The number of benzene rings is 3. The van der Waals surface area contributed by atoms with Gasteiger partial charge in [0.25, 0.3) is 11.1 Å². The van der Waals surface area contributed by atoms with Crippen LogP contribution in [-0.4, -0.2) is 14.5 Å². The maximum atomic E-state index is 12.9. The number of fused-ring (bicyclic) bond motifs is 3. The van der Waals surface area contributed by atoms with E-state index in [1.54, 1.807) is 6.20 Å². The maximum Gasteiger partial charge on any atom is 0.259 e. The Morgan fingerprint density at radius 3 is 2.24 bits per heavy atom. The lowest BCUT2D eigenvalue weighted by Crippen LogP contribution is -2.19. The second kappa shape index (κ2) is 9.72. The van der Waals surface area contributed by atoms with Crippen LogP contribution in [0.4, 0.5) is 0 Å². The summed E-state index contributed by atoms with van der Waals surface area (Å²) >= 11 is 6.84. The first kappa shape index (κ1) is 23.8. The molecular formula is C30H21Br2N3O2. The lowest BCUT2D eigenvalue weighted by molar-refractivity contribution is 0.688. The number of hydrogen-bond donors (Lipinski definition) is 1. The number of hydrogen-bond acceptors (Lipinski definition) is 3. The number of aromatic amines is 1. The average molecular weight is 615 g/mol. The summed E-state index contributed by atoms with van der Waals surface area (Å²) in [6.07, 6.45) is 4.53. The topological polar surface area (TPSA) is 67.8 Å². The maximum absolute atomic E-state index is 12.9. The minimum atomic E-state index is -0.0556. The molecule has 7 rings (SSSR count). The summed E-state index contributed by atoms with van der Waals surface area (Å²) in [5.74, 6) is 0.308. The van der Waals surface area contributed by atoms with Gasteiger partial charge in [0, 0.05) is 44.4 Å². The van der Waals surface area contributed by atoms with E-state index in [0.29, 0.717) is 11.3 Å². The summed E-state index contributed by atoms with van der Waals surface area (Å²) in [4.78, 5) is 31.7. The molecule has 0 radical (unpaired) electrons. The first-order chi connectivity index (χ1) is 18.0. The van der Waals surface area contributed by atoms with Gasteiger partial charge in [-0.25, -0.2) is 0 Å². The molecule has 1 saturated carbocycles. The molecule has 0 bridgehead atoms. The molecule has 2 atom stereocenters. The minimum Gasteiger partial charge on any atom is -0.329 e. The van der Waals surface area contributed by atoms with Crippen LogP contribution in [0.15, 0.2) is 116 Å². The molecule has 2 unspecified atom stereocenters. The summed E-state index contributed by atoms with van der Waals surface area (Å²) in [6, 6.07) is 28.0. The van der Waals surface area contributed by atoms with Gasteiger partial charge in [-0.3, -0.25) is 14.6 Å². The van der Waals surface area contributed by atoms with Crippen LogP contribution < -0.4 is 11.1 Å². The van der Waals surface area contributed by atoms with E-state index in [-0.39, 0.29) is 17.2 Å². The van der Waals surface area contributed by atoms with Crippen LogP contribution in [0, 0.1) is 0 Å². The van der Waals surface area contributed by atoms with Crippen LogP contribution >= 0.6 is 31.9 Å². The molecule has 37 heavy (non-hydrogen) atoms. The van der Waals surface area contributed by atoms with E-state index >= 15 is 0 Å². The molecule has 1 N–H and O–H groups in total. The number of para-hydroxylation sites is 1. The van der Waals surface area contributed by atoms with E-state index in [2.05, 4.69) is 55.0 Å². The number of nitrogens with one attached hydrogen (secondary N) is 1. The minimum absolute atomic E-state index is 0.0556. The molecule has 1 aliphatic carbocycles. The van der Waals surface area contributed by atoms with Crippen molar-refractivity contribution < 1.29 is 0 Å². The second-order valence-electron chi connectivity index (χ2n) is 9.08. The van der Waals surface area contributed by atoms with Crippen molar-refractivity contribution in [3.63, 3.8) is 0 Å². The van der Waals surface area contributed by atoms with Crippen molar-refractivity contribution in [2.45, 2.75) is 18.4 Å². The summed E-state index contributed by atoms with van der Waals surface area (Å²) < 4.78 is 3.56. The van der Waals surface area contributed by atoms with Crippen molar-refractivity contribution in [3.05, 3.63) is 133 Å². The predicted octanol–water partition coefficient (Wildman–Crippen LogP) is 7.33. The fourth-order valence-corrected chi connectivity index (χ4v) is 5.93. The molecule has 1 aliphatic rings. The molecule has 6 aromatic rings. The van der Waals surface area contributed by atoms with Crippen molar-refractivity contribution in [2.24, 2.45) is 0 Å². The first-order valence-electron chi connectivity index (χ1n) is 11.9. The zero-order valence-electron chi connectivity index (χ0n) is 19.6. The third-order valence-electron chi connectivity index (χ3n) is 6.77. The molecule has 0 aliphatic heterocycles. The van der Waals surface area contributed by atoms with Gasteiger partial charge in [0.1, 0.15) is 0 Å². The molecule has 3 aromatic carbocycles. The first-order valence-corrected chi connectivity index (χ1v) is 13.5. The second-order valence-corrected chi connectivity index (χ2v) is 10.8.